The lowest BCUT2D eigenvalue weighted by Crippen LogP contribution is -1.93. The lowest BCUT2D eigenvalue weighted by molar-refractivity contribution is 0.882. The predicted molar refractivity (Wildman–Crippen MR) is 47.7 cm³/mol. The molecule has 0 N–H and O–H groups in total. The van der Waals surface area contributed by atoms with Crippen LogP contribution in [0.3, 0.4) is 0 Å². The maximum Gasteiger partial charge on any atom is 0.0684 e. The predicted octanol–water partition coefficient (Wildman–Crippen LogP) is 2.82. The SMILES string of the molecule is CC.CC1=C(C)C(C)N=C1. The fourth-order valence-electron chi connectivity index (χ4n) is 0.767. The monoisotopic (exact) mass is 139 g/mol. The summed E-state index contributed by atoms with van der Waals surface area (Å²) in [5.41, 5.74) is 2.74. The van der Waals surface area contributed by atoms with Crippen LogP contribution in [0.4, 0.5) is 0 Å². The van der Waals surface area contributed by atoms with Gasteiger partial charge in [-0.25, -0.2) is 0 Å². The lowest BCUT2D eigenvalue weighted by atomic mass is 10.1. The quantitative estimate of drug-likeness (QED) is 0.489. The zero-order chi connectivity index (χ0) is 8.15. The van der Waals surface area contributed by atoms with Gasteiger partial charge >= 0.3 is 0 Å². The Morgan fingerprint density at radius 2 is 1.80 bits per heavy atom. The van der Waals surface area contributed by atoms with Crippen LogP contribution >= 0.6 is 0 Å². The van der Waals surface area contributed by atoms with Gasteiger partial charge in [0.15, 0.2) is 0 Å². The molecule has 0 aromatic carbocycles. The molecular weight excluding hydrogens is 122 g/mol. The molecule has 0 amide bonds. The molecule has 1 heterocycles. The lowest BCUT2D eigenvalue weighted by Gasteiger charge is -1.98. The van der Waals surface area contributed by atoms with E-state index >= 15 is 0 Å². The summed E-state index contributed by atoms with van der Waals surface area (Å²) >= 11 is 0. The summed E-state index contributed by atoms with van der Waals surface area (Å²) in [5, 5.41) is 0. The van der Waals surface area contributed by atoms with Crippen molar-refractivity contribution >= 4 is 6.21 Å². The summed E-state index contributed by atoms with van der Waals surface area (Å²) in [6.07, 6.45) is 1.94. The Labute approximate surface area is 63.9 Å². The zero-order valence-electron chi connectivity index (χ0n) is 7.60. The van der Waals surface area contributed by atoms with E-state index in [4.69, 9.17) is 0 Å². The molecule has 1 rings (SSSR count). The Balaban J connectivity index is 0.000000371. The van der Waals surface area contributed by atoms with Gasteiger partial charge in [-0.2, -0.15) is 0 Å². The molecule has 1 aliphatic rings. The van der Waals surface area contributed by atoms with E-state index < -0.39 is 0 Å². The van der Waals surface area contributed by atoms with E-state index in [1.165, 1.54) is 11.1 Å². The van der Waals surface area contributed by atoms with E-state index in [1.54, 1.807) is 0 Å². The third-order valence-electron chi connectivity index (χ3n) is 1.74. The molecule has 0 fully saturated rings. The number of allylic oxidation sites excluding steroid dienone is 1. The first-order valence-electron chi connectivity index (χ1n) is 3.92. The van der Waals surface area contributed by atoms with Crippen LogP contribution in [0.15, 0.2) is 16.1 Å². The Morgan fingerprint density at radius 3 is 1.90 bits per heavy atom. The van der Waals surface area contributed by atoms with Crippen LogP contribution < -0.4 is 0 Å². The molecule has 58 valence electrons. The Bertz CT molecular complexity index is 154. The molecule has 1 atom stereocenters. The molecule has 1 aliphatic heterocycles. The zero-order valence-corrected chi connectivity index (χ0v) is 7.60. The van der Waals surface area contributed by atoms with Gasteiger partial charge in [0.1, 0.15) is 0 Å². The first-order valence-corrected chi connectivity index (χ1v) is 3.92. The van der Waals surface area contributed by atoms with Crippen molar-refractivity contribution in [2.24, 2.45) is 4.99 Å². The van der Waals surface area contributed by atoms with Gasteiger partial charge in [-0.05, 0) is 31.9 Å². The second kappa shape index (κ2) is 4.26. The van der Waals surface area contributed by atoms with Gasteiger partial charge in [-0.3, -0.25) is 4.99 Å². The fourth-order valence-corrected chi connectivity index (χ4v) is 0.767. The molecule has 1 unspecified atom stereocenters. The van der Waals surface area contributed by atoms with Crippen LogP contribution in [0.5, 0.6) is 0 Å². The van der Waals surface area contributed by atoms with Crippen molar-refractivity contribution in [2.45, 2.75) is 40.7 Å². The topological polar surface area (TPSA) is 12.4 Å². The minimum absolute atomic E-state index is 0.440. The van der Waals surface area contributed by atoms with E-state index in [0.29, 0.717) is 6.04 Å². The van der Waals surface area contributed by atoms with E-state index in [2.05, 4.69) is 25.8 Å². The average Bonchev–Trinajstić information content (AvgIpc) is 2.25. The number of nitrogens with zero attached hydrogens (tertiary/aromatic N) is 1. The molecule has 1 heteroatoms. The van der Waals surface area contributed by atoms with Crippen LogP contribution in [-0.2, 0) is 0 Å². The summed E-state index contributed by atoms with van der Waals surface area (Å²) in [5.74, 6) is 0. The number of hydrogen-bond donors (Lipinski definition) is 0. The summed E-state index contributed by atoms with van der Waals surface area (Å²) in [6, 6.07) is 0.440. The molecule has 0 spiro atoms. The van der Waals surface area contributed by atoms with Gasteiger partial charge in [0, 0.05) is 6.21 Å². The largest absolute Gasteiger partial charge is 0.285 e. The van der Waals surface area contributed by atoms with Crippen molar-refractivity contribution in [3.63, 3.8) is 0 Å². The molecule has 0 aromatic heterocycles. The summed E-state index contributed by atoms with van der Waals surface area (Å²) in [4.78, 5) is 4.20. The Kier molecular flexibility index (Phi) is 4.01. The Hall–Kier alpha value is -0.590. The van der Waals surface area contributed by atoms with Crippen LogP contribution in [0, 0.1) is 0 Å². The standard InChI is InChI=1S/C7H11N.C2H6/c1-5-4-8-7(3)6(5)2;1-2/h4,7H,1-3H3;1-2H3. The summed E-state index contributed by atoms with van der Waals surface area (Å²) in [6.45, 7) is 10.3. The number of rotatable bonds is 0. The summed E-state index contributed by atoms with van der Waals surface area (Å²) < 4.78 is 0. The van der Waals surface area contributed by atoms with Crippen molar-refractivity contribution in [3.8, 4) is 0 Å². The van der Waals surface area contributed by atoms with Crippen molar-refractivity contribution in [1.82, 2.24) is 0 Å². The van der Waals surface area contributed by atoms with E-state index in [9.17, 15) is 0 Å². The smallest absolute Gasteiger partial charge is 0.0684 e. The molecular formula is C9H17N. The highest BCUT2D eigenvalue weighted by Crippen LogP contribution is 2.15. The van der Waals surface area contributed by atoms with Gasteiger partial charge in [0.2, 0.25) is 0 Å². The van der Waals surface area contributed by atoms with Gasteiger partial charge in [0.25, 0.3) is 0 Å². The first kappa shape index (κ1) is 9.41. The summed E-state index contributed by atoms with van der Waals surface area (Å²) in [7, 11) is 0. The van der Waals surface area contributed by atoms with Crippen LogP contribution in [0.1, 0.15) is 34.6 Å². The van der Waals surface area contributed by atoms with E-state index in [0.717, 1.165) is 0 Å². The fraction of sp³-hybridized carbons (Fsp3) is 0.667. The van der Waals surface area contributed by atoms with Gasteiger partial charge in [-0.1, -0.05) is 13.8 Å². The highest BCUT2D eigenvalue weighted by atomic mass is 14.8. The Morgan fingerprint density at radius 1 is 1.30 bits per heavy atom. The van der Waals surface area contributed by atoms with Gasteiger partial charge in [-0.15, -0.1) is 0 Å². The molecule has 0 saturated carbocycles. The molecule has 0 aromatic rings. The van der Waals surface area contributed by atoms with Crippen molar-refractivity contribution in [1.29, 1.82) is 0 Å². The number of hydrogen-bond acceptors (Lipinski definition) is 1. The van der Waals surface area contributed by atoms with Crippen LogP contribution in [0.25, 0.3) is 0 Å². The van der Waals surface area contributed by atoms with Gasteiger partial charge < -0.3 is 0 Å². The highest BCUT2D eigenvalue weighted by molar-refractivity contribution is 5.82. The highest BCUT2D eigenvalue weighted by Gasteiger charge is 2.08. The molecule has 10 heavy (non-hydrogen) atoms. The third-order valence-corrected chi connectivity index (χ3v) is 1.74. The first-order chi connectivity index (χ1) is 4.72. The molecule has 0 radical (unpaired) electrons. The average molecular weight is 139 g/mol. The molecule has 1 nitrogen and oxygen atoms in total. The van der Waals surface area contributed by atoms with Crippen molar-refractivity contribution in [2.75, 3.05) is 0 Å². The second-order valence-electron chi connectivity index (χ2n) is 2.32. The minimum atomic E-state index is 0.440. The van der Waals surface area contributed by atoms with Crippen molar-refractivity contribution in [3.05, 3.63) is 11.1 Å². The third kappa shape index (κ3) is 1.98. The maximum absolute atomic E-state index is 4.20. The van der Waals surface area contributed by atoms with E-state index in [-0.39, 0.29) is 0 Å². The minimum Gasteiger partial charge on any atom is -0.285 e. The molecule has 0 bridgehead atoms. The second-order valence-corrected chi connectivity index (χ2v) is 2.32. The molecule has 0 saturated heterocycles. The normalized spacial score (nSPS) is 22.7. The maximum atomic E-state index is 4.20. The number of aliphatic imine (C=N–C) groups is 1. The van der Waals surface area contributed by atoms with Gasteiger partial charge in [0.05, 0.1) is 6.04 Å². The van der Waals surface area contributed by atoms with Crippen LogP contribution in [0.2, 0.25) is 0 Å². The van der Waals surface area contributed by atoms with E-state index in [1.807, 2.05) is 20.1 Å². The van der Waals surface area contributed by atoms with Crippen LogP contribution in [-0.4, -0.2) is 12.3 Å². The van der Waals surface area contributed by atoms with Crippen molar-refractivity contribution < 1.29 is 0 Å². The molecule has 0 aliphatic carbocycles.